The lowest BCUT2D eigenvalue weighted by Gasteiger charge is -2.12. The molecule has 0 fully saturated rings. The number of rotatable bonds is 4. The standard InChI is InChI=1S/C15H9BrCl4N2O3/c16-10-3-8(18)5-12(20)14(10)25-6-13(23)21-22-15(24)9-2-1-7(17)4-11(9)19/h1-5H,6H2,(H,21,23)(H,22,24). The van der Waals surface area contributed by atoms with Crippen molar-refractivity contribution in [3.63, 3.8) is 0 Å². The lowest BCUT2D eigenvalue weighted by atomic mass is 10.2. The third kappa shape index (κ3) is 5.66. The van der Waals surface area contributed by atoms with Crippen molar-refractivity contribution in [3.8, 4) is 5.75 Å². The van der Waals surface area contributed by atoms with E-state index in [2.05, 4.69) is 26.8 Å². The Hall–Kier alpha value is -1.18. The predicted molar refractivity (Wildman–Crippen MR) is 102 cm³/mol. The zero-order chi connectivity index (χ0) is 18.6. The van der Waals surface area contributed by atoms with Crippen LogP contribution in [0, 0.1) is 0 Å². The lowest BCUT2D eigenvalue weighted by Crippen LogP contribution is -2.43. The van der Waals surface area contributed by atoms with Gasteiger partial charge in [0.15, 0.2) is 12.4 Å². The Balaban J connectivity index is 1.90. The summed E-state index contributed by atoms with van der Waals surface area (Å²) in [5, 5.41) is 1.21. The molecule has 10 heteroatoms. The van der Waals surface area contributed by atoms with Crippen LogP contribution in [0.4, 0.5) is 0 Å². The minimum Gasteiger partial charge on any atom is -0.481 e. The number of carbonyl (C=O) groups excluding carboxylic acids is 2. The molecule has 2 rings (SSSR count). The predicted octanol–water partition coefficient (Wildman–Crippen LogP) is 4.90. The first kappa shape index (κ1) is 20.1. The fourth-order valence-corrected chi connectivity index (χ4v) is 3.57. The average molecular weight is 487 g/mol. The van der Waals surface area contributed by atoms with Crippen molar-refractivity contribution in [2.24, 2.45) is 0 Å². The second-order valence-electron chi connectivity index (χ2n) is 4.61. The van der Waals surface area contributed by atoms with Crippen molar-refractivity contribution in [2.75, 3.05) is 6.61 Å². The van der Waals surface area contributed by atoms with E-state index >= 15 is 0 Å². The molecule has 0 heterocycles. The van der Waals surface area contributed by atoms with Crippen LogP contribution in [-0.2, 0) is 4.79 Å². The molecular formula is C15H9BrCl4N2O3. The number of nitrogens with one attached hydrogen (secondary N) is 2. The van der Waals surface area contributed by atoms with E-state index in [0.717, 1.165) is 0 Å². The van der Waals surface area contributed by atoms with Gasteiger partial charge in [0.1, 0.15) is 0 Å². The summed E-state index contributed by atoms with van der Waals surface area (Å²) in [6.45, 7) is -0.380. The van der Waals surface area contributed by atoms with Gasteiger partial charge < -0.3 is 4.74 Å². The normalized spacial score (nSPS) is 10.3. The molecule has 0 radical (unpaired) electrons. The van der Waals surface area contributed by atoms with Crippen LogP contribution in [0.2, 0.25) is 20.1 Å². The van der Waals surface area contributed by atoms with Crippen molar-refractivity contribution >= 4 is 74.1 Å². The van der Waals surface area contributed by atoms with Crippen LogP contribution in [0.3, 0.4) is 0 Å². The molecule has 0 spiro atoms. The van der Waals surface area contributed by atoms with E-state index in [-0.39, 0.29) is 28.0 Å². The van der Waals surface area contributed by atoms with Gasteiger partial charge in [-0.2, -0.15) is 0 Å². The van der Waals surface area contributed by atoms with Gasteiger partial charge in [-0.05, 0) is 46.3 Å². The Labute approximate surface area is 171 Å². The van der Waals surface area contributed by atoms with Crippen LogP contribution < -0.4 is 15.6 Å². The van der Waals surface area contributed by atoms with Crippen LogP contribution in [0.15, 0.2) is 34.8 Å². The van der Waals surface area contributed by atoms with Crippen LogP contribution in [-0.4, -0.2) is 18.4 Å². The number of halogens is 5. The quantitative estimate of drug-likeness (QED) is 0.604. The summed E-state index contributed by atoms with van der Waals surface area (Å²) in [5.41, 5.74) is 4.59. The maximum atomic E-state index is 12.0. The second kappa shape index (κ2) is 8.96. The monoisotopic (exact) mass is 484 g/mol. The first-order chi connectivity index (χ1) is 11.8. The summed E-state index contributed by atoms with van der Waals surface area (Å²) in [6, 6.07) is 7.42. The number of amides is 2. The van der Waals surface area contributed by atoms with Crippen molar-refractivity contribution in [1.82, 2.24) is 10.9 Å². The van der Waals surface area contributed by atoms with E-state index in [1.54, 1.807) is 6.07 Å². The van der Waals surface area contributed by atoms with Gasteiger partial charge in [-0.3, -0.25) is 20.4 Å². The molecular weight excluding hydrogens is 478 g/mol. The molecule has 2 amide bonds. The van der Waals surface area contributed by atoms with Gasteiger partial charge >= 0.3 is 0 Å². The Morgan fingerprint density at radius 1 is 0.960 bits per heavy atom. The van der Waals surface area contributed by atoms with E-state index in [1.165, 1.54) is 24.3 Å². The van der Waals surface area contributed by atoms with Gasteiger partial charge in [-0.1, -0.05) is 46.4 Å². The Morgan fingerprint density at radius 2 is 1.64 bits per heavy atom. The molecule has 5 nitrogen and oxygen atoms in total. The lowest BCUT2D eigenvalue weighted by molar-refractivity contribution is -0.123. The fourth-order valence-electron chi connectivity index (χ4n) is 1.71. The molecule has 0 aliphatic carbocycles. The molecule has 0 aliphatic rings. The van der Waals surface area contributed by atoms with Gasteiger partial charge in [0, 0.05) is 10.0 Å². The molecule has 0 unspecified atom stereocenters. The van der Waals surface area contributed by atoms with Crippen molar-refractivity contribution < 1.29 is 14.3 Å². The Kier molecular flexibility index (Phi) is 7.22. The van der Waals surface area contributed by atoms with E-state index < -0.39 is 11.8 Å². The first-order valence-corrected chi connectivity index (χ1v) is 8.90. The summed E-state index contributed by atoms with van der Waals surface area (Å²) in [7, 11) is 0. The van der Waals surface area contributed by atoms with Gasteiger partial charge in [0.2, 0.25) is 0 Å². The topological polar surface area (TPSA) is 67.4 Å². The first-order valence-electron chi connectivity index (χ1n) is 6.59. The highest BCUT2D eigenvalue weighted by Crippen LogP contribution is 2.35. The number of hydrogen-bond acceptors (Lipinski definition) is 3. The summed E-state index contributed by atoms with van der Waals surface area (Å²) in [6.07, 6.45) is 0. The van der Waals surface area contributed by atoms with Crippen molar-refractivity contribution in [1.29, 1.82) is 0 Å². The Bertz CT molecular complexity index is 809. The maximum Gasteiger partial charge on any atom is 0.276 e. The maximum absolute atomic E-state index is 12.0. The van der Waals surface area contributed by atoms with Crippen LogP contribution in [0.1, 0.15) is 10.4 Å². The summed E-state index contributed by atoms with van der Waals surface area (Å²) < 4.78 is 5.81. The van der Waals surface area contributed by atoms with Gasteiger partial charge in [0.05, 0.1) is 20.1 Å². The third-order valence-corrected chi connectivity index (χ3v) is 4.44. The molecule has 2 N–H and O–H groups in total. The molecule has 25 heavy (non-hydrogen) atoms. The number of hydrazine groups is 1. The molecule has 0 aliphatic heterocycles. The summed E-state index contributed by atoms with van der Waals surface area (Å²) in [4.78, 5) is 23.8. The third-order valence-electron chi connectivity index (χ3n) is 2.80. The SMILES string of the molecule is O=C(COc1c(Cl)cc(Cl)cc1Br)NNC(=O)c1ccc(Cl)cc1Cl. The second-order valence-corrected chi connectivity index (χ2v) is 7.16. The highest BCUT2D eigenvalue weighted by atomic mass is 79.9. The minimum atomic E-state index is -0.601. The Morgan fingerprint density at radius 3 is 2.28 bits per heavy atom. The number of hydrogen-bond donors (Lipinski definition) is 2. The number of ether oxygens (including phenoxy) is 1. The van der Waals surface area contributed by atoms with E-state index in [4.69, 9.17) is 51.1 Å². The highest BCUT2D eigenvalue weighted by molar-refractivity contribution is 9.10. The molecule has 0 aromatic heterocycles. The molecule has 2 aromatic carbocycles. The molecule has 0 bridgehead atoms. The molecule has 0 saturated carbocycles. The largest absolute Gasteiger partial charge is 0.481 e. The molecule has 132 valence electrons. The van der Waals surface area contributed by atoms with E-state index in [1.807, 2.05) is 0 Å². The summed E-state index contributed by atoms with van der Waals surface area (Å²) >= 11 is 26.7. The van der Waals surface area contributed by atoms with Gasteiger partial charge in [-0.15, -0.1) is 0 Å². The smallest absolute Gasteiger partial charge is 0.276 e. The highest BCUT2D eigenvalue weighted by Gasteiger charge is 2.14. The van der Waals surface area contributed by atoms with E-state index in [9.17, 15) is 9.59 Å². The van der Waals surface area contributed by atoms with Crippen molar-refractivity contribution in [3.05, 3.63) is 60.5 Å². The van der Waals surface area contributed by atoms with Gasteiger partial charge in [0.25, 0.3) is 11.8 Å². The number of carbonyl (C=O) groups is 2. The molecule has 0 atom stereocenters. The van der Waals surface area contributed by atoms with Crippen LogP contribution >= 0.6 is 62.3 Å². The number of benzene rings is 2. The minimum absolute atomic E-state index is 0.160. The van der Waals surface area contributed by atoms with Gasteiger partial charge in [-0.25, -0.2) is 0 Å². The van der Waals surface area contributed by atoms with Crippen molar-refractivity contribution in [2.45, 2.75) is 0 Å². The zero-order valence-electron chi connectivity index (χ0n) is 12.2. The van der Waals surface area contributed by atoms with Crippen LogP contribution in [0.25, 0.3) is 0 Å². The molecule has 0 saturated heterocycles. The average Bonchev–Trinajstić information content (AvgIpc) is 2.51. The zero-order valence-corrected chi connectivity index (χ0v) is 16.8. The van der Waals surface area contributed by atoms with Crippen LogP contribution in [0.5, 0.6) is 5.75 Å². The van der Waals surface area contributed by atoms with E-state index in [0.29, 0.717) is 14.5 Å². The summed E-state index contributed by atoms with van der Waals surface area (Å²) in [5.74, 6) is -0.939. The fraction of sp³-hybridized carbons (Fsp3) is 0.0667. The molecule has 2 aromatic rings.